The summed E-state index contributed by atoms with van der Waals surface area (Å²) in [5.74, 6) is 0.771. The Morgan fingerprint density at radius 2 is 1.86 bits per heavy atom. The summed E-state index contributed by atoms with van der Waals surface area (Å²) in [6.45, 7) is 6.23. The molecule has 114 valence electrons. The van der Waals surface area contributed by atoms with Gasteiger partial charge in [0.25, 0.3) is 0 Å². The maximum atomic E-state index is 12.5. The number of anilines is 1. The zero-order valence-electron chi connectivity index (χ0n) is 13.6. The van der Waals surface area contributed by atoms with Crippen molar-refractivity contribution in [2.45, 2.75) is 77.2 Å². The summed E-state index contributed by atoms with van der Waals surface area (Å²) in [7, 11) is 0. The zero-order valence-corrected chi connectivity index (χ0v) is 13.6. The van der Waals surface area contributed by atoms with Gasteiger partial charge in [-0.2, -0.15) is 0 Å². The van der Waals surface area contributed by atoms with E-state index in [2.05, 4.69) is 36.9 Å². The first kappa shape index (κ1) is 14.6. The van der Waals surface area contributed by atoms with E-state index in [9.17, 15) is 4.79 Å². The fourth-order valence-electron chi connectivity index (χ4n) is 4.70. The molecule has 0 bridgehead atoms. The number of carbonyl (C=O) groups is 1. The van der Waals surface area contributed by atoms with E-state index in [1.54, 1.807) is 6.92 Å². The molecule has 0 saturated heterocycles. The molecular weight excluding hydrogens is 258 g/mol. The van der Waals surface area contributed by atoms with Gasteiger partial charge in [0, 0.05) is 12.5 Å². The minimum Gasteiger partial charge on any atom is -0.306 e. The third-order valence-electron chi connectivity index (χ3n) is 5.53. The van der Waals surface area contributed by atoms with Crippen LogP contribution < -0.4 is 4.90 Å². The molecule has 2 nitrogen and oxygen atoms in total. The number of hydrogen-bond acceptors (Lipinski definition) is 1. The van der Waals surface area contributed by atoms with Gasteiger partial charge in [-0.15, -0.1) is 0 Å². The summed E-state index contributed by atoms with van der Waals surface area (Å²) in [4.78, 5) is 14.7. The summed E-state index contributed by atoms with van der Waals surface area (Å²) in [5.41, 5.74) is 3.89. The van der Waals surface area contributed by atoms with Crippen LogP contribution in [0, 0.1) is 6.92 Å². The van der Waals surface area contributed by atoms with Crippen molar-refractivity contribution < 1.29 is 4.79 Å². The van der Waals surface area contributed by atoms with Crippen molar-refractivity contribution in [2.75, 3.05) is 4.90 Å². The molecule has 1 atom stereocenters. The van der Waals surface area contributed by atoms with Crippen LogP contribution in [0.5, 0.6) is 0 Å². The molecular formula is C19H27NO. The molecule has 1 aliphatic carbocycles. The fourth-order valence-corrected chi connectivity index (χ4v) is 4.70. The molecule has 1 amide bonds. The van der Waals surface area contributed by atoms with Crippen LogP contribution in [0.3, 0.4) is 0 Å². The molecule has 1 spiro atoms. The van der Waals surface area contributed by atoms with E-state index in [0.717, 1.165) is 6.42 Å². The fraction of sp³-hybridized carbons (Fsp3) is 0.632. The number of fused-ring (bicyclic) bond motifs is 1. The number of benzene rings is 1. The van der Waals surface area contributed by atoms with Crippen LogP contribution in [0.15, 0.2) is 18.2 Å². The van der Waals surface area contributed by atoms with E-state index in [1.165, 1.54) is 55.3 Å². The van der Waals surface area contributed by atoms with Gasteiger partial charge in [-0.25, -0.2) is 0 Å². The van der Waals surface area contributed by atoms with Crippen molar-refractivity contribution >= 4 is 11.6 Å². The molecule has 3 rings (SSSR count). The second-order valence-corrected chi connectivity index (χ2v) is 7.11. The number of aryl methyl sites for hydroxylation is 1. The molecule has 21 heavy (non-hydrogen) atoms. The number of nitrogens with zero attached hydrogens (tertiary/aromatic N) is 1. The van der Waals surface area contributed by atoms with Crippen LogP contribution in [0.1, 0.15) is 75.8 Å². The van der Waals surface area contributed by atoms with Gasteiger partial charge >= 0.3 is 0 Å². The molecule has 1 aromatic carbocycles. The van der Waals surface area contributed by atoms with Crippen molar-refractivity contribution in [3.05, 3.63) is 29.3 Å². The summed E-state index contributed by atoms with van der Waals surface area (Å²) >= 11 is 0. The lowest BCUT2D eigenvalue weighted by atomic mass is 9.73. The van der Waals surface area contributed by atoms with Crippen molar-refractivity contribution in [2.24, 2.45) is 0 Å². The smallest absolute Gasteiger partial charge is 0.224 e. The molecule has 1 aliphatic heterocycles. The van der Waals surface area contributed by atoms with E-state index >= 15 is 0 Å². The Balaban J connectivity index is 2.15. The quantitative estimate of drug-likeness (QED) is 0.660. The van der Waals surface area contributed by atoms with Gasteiger partial charge < -0.3 is 4.90 Å². The molecule has 0 radical (unpaired) electrons. The molecule has 0 unspecified atom stereocenters. The van der Waals surface area contributed by atoms with E-state index in [-0.39, 0.29) is 11.4 Å². The van der Waals surface area contributed by atoms with Crippen LogP contribution in [0.25, 0.3) is 0 Å². The molecule has 1 heterocycles. The first-order valence-corrected chi connectivity index (χ1v) is 8.45. The average molecular weight is 285 g/mol. The highest BCUT2D eigenvalue weighted by Crippen LogP contribution is 2.50. The van der Waals surface area contributed by atoms with Gasteiger partial charge in [0.05, 0.1) is 5.69 Å². The van der Waals surface area contributed by atoms with Gasteiger partial charge in [0.1, 0.15) is 0 Å². The third kappa shape index (κ3) is 2.39. The Morgan fingerprint density at radius 1 is 1.19 bits per heavy atom. The molecule has 0 N–H and O–H groups in total. The molecule has 1 fully saturated rings. The minimum atomic E-state index is 0.0703. The predicted molar refractivity (Wildman–Crippen MR) is 87.8 cm³/mol. The second kappa shape index (κ2) is 5.47. The van der Waals surface area contributed by atoms with E-state index in [4.69, 9.17) is 0 Å². The maximum Gasteiger partial charge on any atom is 0.224 e. The van der Waals surface area contributed by atoms with Crippen molar-refractivity contribution in [1.82, 2.24) is 0 Å². The van der Waals surface area contributed by atoms with Gasteiger partial charge in [-0.1, -0.05) is 50.8 Å². The zero-order chi connectivity index (χ0) is 15.0. The van der Waals surface area contributed by atoms with Gasteiger partial charge in [0.2, 0.25) is 5.91 Å². The monoisotopic (exact) mass is 285 g/mol. The van der Waals surface area contributed by atoms with E-state index in [0.29, 0.717) is 5.92 Å². The largest absolute Gasteiger partial charge is 0.306 e. The van der Waals surface area contributed by atoms with Crippen LogP contribution >= 0.6 is 0 Å². The van der Waals surface area contributed by atoms with Crippen LogP contribution in [-0.2, 0) is 4.79 Å². The highest BCUT2D eigenvalue weighted by atomic mass is 16.2. The summed E-state index contributed by atoms with van der Waals surface area (Å²) < 4.78 is 0. The van der Waals surface area contributed by atoms with E-state index < -0.39 is 0 Å². The lowest BCUT2D eigenvalue weighted by molar-refractivity contribution is -0.118. The predicted octanol–water partition coefficient (Wildman–Crippen LogP) is 4.95. The number of rotatable bonds is 0. The average Bonchev–Trinajstić information content (AvgIpc) is 2.66. The molecule has 0 aromatic heterocycles. The first-order chi connectivity index (χ1) is 10.1. The van der Waals surface area contributed by atoms with Gasteiger partial charge in [-0.3, -0.25) is 4.79 Å². The van der Waals surface area contributed by atoms with Crippen LogP contribution in [0.2, 0.25) is 0 Å². The number of para-hydroxylation sites is 1. The normalized spacial score (nSPS) is 24.5. The van der Waals surface area contributed by atoms with Gasteiger partial charge in [-0.05, 0) is 43.2 Å². The second-order valence-electron chi connectivity index (χ2n) is 7.11. The van der Waals surface area contributed by atoms with Crippen molar-refractivity contribution in [1.29, 1.82) is 0 Å². The van der Waals surface area contributed by atoms with Crippen LogP contribution in [-0.4, -0.2) is 11.4 Å². The van der Waals surface area contributed by atoms with Crippen LogP contribution in [0.4, 0.5) is 5.69 Å². The Bertz CT molecular complexity index is 540. The Labute approximate surface area is 128 Å². The summed E-state index contributed by atoms with van der Waals surface area (Å²) in [6.07, 6.45) is 8.64. The number of amides is 1. The van der Waals surface area contributed by atoms with Crippen molar-refractivity contribution in [3.63, 3.8) is 0 Å². The summed E-state index contributed by atoms with van der Waals surface area (Å²) in [5, 5.41) is 0. The minimum absolute atomic E-state index is 0.0703. The third-order valence-corrected chi connectivity index (χ3v) is 5.53. The highest BCUT2D eigenvalue weighted by molar-refractivity contribution is 5.95. The van der Waals surface area contributed by atoms with Crippen molar-refractivity contribution in [3.8, 4) is 0 Å². The first-order valence-electron chi connectivity index (χ1n) is 8.45. The number of carbonyl (C=O) groups excluding carboxylic acids is 1. The molecule has 2 aliphatic rings. The lowest BCUT2D eigenvalue weighted by Crippen LogP contribution is -2.55. The Hall–Kier alpha value is -1.31. The Kier molecular flexibility index (Phi) is 3.81. The lowest BCUT2D eigenvalue weighted by Gasteiger charge is -2.50. The Morgan fingerprint density at radius 3 is 2.48 bits per heavy atom. The topological polar surface area (TPSA) is 20.3 Å². The summed E-state index contributed by atoms with van der Waals surface area (Å²) in [6, 6.07) is 6.50. The van der Waals surface area contributed by atoms with Gasteiger partial charge in [0.15, 0.2) is 0 Å². The number of hydrogen-bond donors (Lipinski definition) is 0. The SMILES string of the molecule is CC(=O)N1c2c(C)cccc2[C@H](C)CC12CCCCCC2. The van der Waals surface area contributed by atoms with E-state index in [1.807, 2.05) is 0 Å². The molecule has 1 saturated carbocycles. The highest BCUT2D eigenvalue weighted by Gasteiger charge is 2.45. The standard InChI is InChI=1S/C19H27NO/c1-14-9-8-10-17-15(2)13-19(11-6-4-5-7-12-19)20(16(3)21)18(14)17/h8-10,15H,4-7,11-13H2,1-3H3/t15-/m1/s1. The molecule has 1 aromatic rings. The maximum absolute atomic E-state index is 12.5. The molecule has 2 heteroatoms.